The predicted octanol–water partition coefficient (Wildman–Crippen LogP) is 3.62. The Labute approximate surface area is 140 Å². The number of hydrogen-bond acceptors (Lipinski definition) is 5. The largest absolute Gasteiger partial charge is 0.455 e. The predicted molar refractivity (Wildman–Crippen MR) is 87.4 cm³/mol. The Hall–Kier alpha value is -2.54. The van der Waals surface area contributed by atoms with E-state index in [0.717, 1.165) is 15.3 Å². The van der Waals surface area contributed by atoms with Crippen molar-refractivity contribution < 1.29 is 18.3 Å². The molecule has 24 heavy (non-hydrogen) atoms. The van der Waals surface area contributed by atoms with Gasteiger partial charge in [-0.2, -0.15) is 0 Å². The maximum absolute atomic E-state index is 13.2. The minimum Gasteiger partial charge on any atom is -0.455 e. The van der Waals surface area contributed by atoms with Gasteiger partial charge in [0, 0.05) is 0 Å². The summed E-state index contributed by atoms with van der Waals surface area (Å²) in [6.07, 6.45) is -0.230. The quantitative estimate of drug-likeness (QED) is 0.680. The highest BCUT2D eigenvalue weighted by Crippen LogP contribution is 2.32. The summed E-state index contributed by atoms with van der Waals surface area (Å²) >= 11 is 1.41. The molecular formula is C17H12F2N2O2S. The molecule has 4 nitrogen and oxygen atoms in total. The minimum absolute atomic E-state index is 0.230. The van der Waals surface area contributed by atoms with Gasteiger partial charge in [-0.3, -0.25) is 0 Å². The minimum atomic E-state index is -0.467. The molecule has 1 aliphatic rings. The molecule has 1 fully saturated rings. The zero-order chi connectivity index (χ0) is 16.7. The summed E-state index contributed by atoms with van der Waals surface area (Å²) in [5.41, 5.74) is 1.08. The molecule has 2 aromatic carbocycles. The Morgan fingerprint density at radius 3 is 2.58 bits per heavy atom. The van der Waals surface area contributed by atoms with Gasteiger partial charge in [0.2, 0.25) is 0 Å². The lowest BCUT2D eigenvalue weighted by atomic mass is 10.2. The van der Waals surface area contributed by atoms with E-state index in [-0.39, 0.29) is 11.9 Å². The lowest BCUT2D eigenvalue weighted by Crippen LogP contribution is -2.53. The van der Waals surface area contributed by atoms with E-state index >= 15 is 0 Å². The number of carbonyl (C=O) groups excluding carboxylic acids is 1. The highest BCUT2D eigenvalue weighted by Gasteiger charge is 2.32. The van der Waals surface area contributed by atoms with E-state index in [2.05, 4.69) is 4.98 Å². The van der Waals surface area contributed by atoms with E-state index in [1.165, 1.54) is 47.7 Å². The van der Waals surface area contributed by atoms with Crippen molar-refractivity contribution in [2.75, 3.05) is 18.0 Å². The molecule has 0 unspecified atom stereocenters. The first-order valence-corrected chi connectivity index (χ1v) is 8.18. The molecule has 122 valence electrons. The Kier molecular flexibility index (Phi) is 3.65. The van der Waals surface area contributed by atoms with Crippen molar-refractivity contribution in [2.45, 2.75) is 6.10 Å². The molecule has 0 aliphatic carbocycles. The smallest absolute Gasteiger partial charge is 0.338 e. The van der Waals surface area contributed by atoms with Crippen molar-refractivity contribution >= 4 is 32.7 Å². The van der Waals surface area contributed by atoms with Crippen LogP contribution in [0.1, 0.15) is 10.4 Å². The molecule has 4 rings (SSSR count). The van der Waals surface area contributed by atoms with Crippen LogP contribution in [0.15, 0.2) is 42.5 Å². The van der Waals surface area contributed by atoms with Crippen molar-refractivity contribution in [2.24, 2.45) is 0 Å². The van der Waals surface area contributed by atoms with Crippen molar-refractivity contribution in [3.05, 3.63) is 59.7 Å². The van der Waals surface area contributed by atoms with Crippen molar-refractivity contribution in [3.8, 4) is 0 Å². The molecule has 1 aliphatic heterocycles. The Morgan fingerprint density at radius 1 is 1.12 bits per heavy atom. The second-order valence-corrected chi connectivity index (χ2v) is 6.56. The molecule has 1 saturated heterocycles. The summed E-state index contributed by atoms with van der Waals surface area (Å²) < 4.78 is 32.2. The number of hydrogen-bond donors (Lipinski definition) is 0. The van der Waals surface area contributed by atoms with Crippen LogP contribution in [0.25, 0.3) is 10.2 Å². The highest BCUT2D eigenvalue weighted by molar-refractivity contribution is 7.22. The number of halogens is 2. The number of ether oxygens (including phenoxy) is 1. The van der Waals surface area contributed by atoms with Gasteiger partial charge in [0.05, 0.1) is 28.9 Å². The van der Waals surface area contributed by atoms with Gasteiger partial charge in [-0.05, 0) is 42.5 Å². The fourth-order valence-electron chi connectivity index (χ4n) is 2.50. The third kappa shape index (κ3) is 2.82. The van der Waals surface area contributed by atoms with Gasteiger partial charge in [-0.25, -0.2) is 18.6 Å². The van der Waals surface area contributed by atoms with Crippen LogP contribution in [0, 0.1) is 11.6 Å². The highest BCUT2D eigenvalue weighted by atomic mass is 32.1. The molecule has 3 aromatic rings. The summed E-state index contributed by atoms with van der Waals surface area (Å²) in [7, 11) is 0. The molecule has 2 heterocycles. The second kappa shape index (κ2) is 5.83. The molecule has 0 saturated carbocycles. The summed E-state index contributed by atoms with van der Waals surface area (Å²) in [6, 6.07) is 9.74. The normalized spacial score (nSPS) is 14.7. The van der Waals surface area contributed by atoms with Gasteiger partial charge in [-0.15, -0.1) is 0 Å². The Bertz CT molecular complexity index is 905. The molecule has 0 spiro atoms. The fourth-order valence-corrected chi connectivity index (χ4v) is 3.50. The first kappa shape index (κ1) is 15.0. The third-order valence-corrected chi connectivity index (χ3v) is 4.89. The monoisotopic (exact) mass is 346 g/mol. The molecule has 0 radical (unpaired) electrons. The first-order chi connectivity index (χ1) is 11.6. The third-order valence-electron chi connectivity index (χ3n) is 3.81. The average Bonchev–Trinajstić information content (AvgIpc) is 2.93. The number of rotatable bonds is 3. The molecular weight excluding hydrogens is 334 g/mol. The van der Waals surface area contributed by atoms with Crippen LogP contribution in [0.3, 0.4) is 0 Å². The second-order valence-electron chi connectivity index (χ2n) is 5.55. The number of carbonyl (C=O) groups is 1. The molecule has 7 heteroatoms. The van der Waals surface area contributed by atoms with Crippen molar-refractivity contribution in [3.63, 3.8) is 0 Å². The van der Waals surface area contributed by atoms with Gasteiger partial charge in [0.1, 0.15) is 17.7 Å². The van der Waals surface area contributed by atoms with Gasteiger partial charge in [0.25, 0.3) is 0 Å². The maximum Gasteiger partial charge on any atom is 0.338 e. The van der Waals surface area contributed by atoms with Gasteiger partial charge in [-0.1, -0.05) is 11.3 Å². The van der Waals surface area contributed by atoms with Crippen LogP contribution in [0.4, 0.5) is 13.9 Å². The zero-order valence-electron chi connectivity index (χ0n) is 12.4. The summed E-state index contributed by atoms with van der Waals surface area (Å²) in [5, 5.41) is 0.782. The van der Waals surface area contributed by atoms with Crippen LogP contribution in [0.2, 0.25) is 0 Å². The SMILES string of the molecule is O=C(OC1CN(c2nc3ccc(F)cc3s2)C1)c1ccc(F)cc1. The Balaban J connectivity index is 1.38. The van der Waals surface area contributed by atoms with Crippen LogP contribution in [0.5, 0.6) is 0 Å². The lowest BCUT2D eigenvalue weighted by molar-refractivity contribution is 0.0234. The van der Waals surface area contributed by atoms with Crippen LogP contribution in [-0.2, 0) is 4.74 Å². The van der Waals surface area contributed by atoms with E-state index in [4.69, 9.17) is 4.74 Å². The number of nitrogens with zero attached hydrogens (tertiary/aromatic N) is 2. The fraction of sp³-hybridized carbons (Fsp3) is 0.176. The maximum atomic E-state index is 13.2. The average molecular weight is 346 g/mol. The zero-order valence-corrected chi connectivity index (χ0v) is 13.2. The van der Waals surface area contributed by atoms with Gasteiger partial charge < -0.3 is 9.64 Å². The van der Waals surface area contributed by atoms with Crippen LogP contribution < -0.4 is 4.90 Å². The number of thiazole rings is 1. The lowest BCUT2D eigenvalue weighted by Gasteiger charge is -2.38. The number of aromatic nitrogens is 1. The molecule has 0 amide bonds. The number of benzene rings is 2. The molecule has 0 atom stereocenters. The topological polar surface area (TPSA) is 42.4 Å². The summed E-state index contributed by atoms with van der Waals surface area (Å²) in [4.78, 5) is 18.4. The van der Waals surface area contributed by atoms with E-state index < -0.39 is 11.8 Å². The summed E-state index contributed by atoms with van der Waals surface area (Å²) in [6.45, 7) is 1.07. The summed E-state index contributed by atoms with van der Waals surface area (Å²) in [5.74, 6) is -1.15. The number of anilines is 1. The van der Waals surface area contributed by atoms with Crippen molar-refractivity contribution in [1.82, 2.24) is 4.98 Å². The van der Waals surface area contributed by atoms with Crippen LogP contribution >= 0.6 is 11.3 Å². The van der Waals surface area contributed by atoms with E-state index in [9.17, 15) is 13.6 Å². The van der Waals surface area contributed by atoms with Gasteiger partial charge in [0.15, 0.2) is 5.13 Å². The first-order valence-electron chi connectivity index (χ1n) is 7.36. The molecule has 0 bridgehead atoms. The van der Waals surface area contributed by atoms with Gasteiger partial charge >= 0.3 is 5.97 Å². The number of fused-ring (bicyclic) bond motifs is 1. The Morgan fingerprint density at radius 2 is 1.83 bits per heavy atom. The van der Waals surface area contributed by atoms with E-state index in [1.54, 1.807) is 6.07 Å². The van der Waals surface area contributed by atoms with E-state index in [1.807, 2.05) is 4.90 Å². The molecule has 0 N–H and O–H groups in total. The van der Waals surface area contributed by atoms with Crippen molar-refractivity contribution in [1.29, 1.82) is 0 Å². The molecule has 1 aromatic heterocycles. The van der Waals surface area contributed by atoms with E-state index in [0.29, 0.717) is 18.7 Å². The van der Waals surface area contributed by atoms with Crippen LogP contribution in [-0.4, -0.2) is 30.1 Å². The number of esters is 1. The standard InChI is InChI=1S/C17H12F2N2O2S/c18-11-3-1-10(2-4-11)16(22)23-13-8-21(9-13)17-20-14-6-5-12(19)7-15(14)24-17/h1-7,13H,8-9H2.